The van der Waals surface area contributed by atoms with Crippen LogP contribution in [-0.2, 0) is 6.18 Å². The Labute approximate surface area is 157 Å². The van der Waals surface area contributed by atoms with Crippen molar-refractivity contribution in [1.82, 2.24) is 5.32 Å². The molecule has 27 heavy (non-hydrogen) atoms. The fourth-order valence-electron chi connectivity index (χ4n) is 3.23. The predicted octanol–water partition coefficient (Wildman–Crippen LogP) is 6.53. The van der Waals surface area contributed by atoms with E-state index in [1.54, 1.807) is 12.1 Å². The summed E-state index contributed by atoms with van der Waals surface area (Å²) in [6, 6.07) is 19.0. The number of fused-ring (bicyclic) bond motifs is 1. The standard InChI is InChI=1S/C23H22F3N/c1-16-12-13-18(15-22(16)23(24,25)26)7-6-14-27-17(2)20-11-5-9-19-8-3-4-10-21(19)20/h3-13,15,17,27H,14H2,1-2H3/b7-6+. The molecule has 0 radical (unpaired) electrons. The Morgan fingerprint density at radius 3 is 2.52 bits per heavy atom. The van der Waals surface area contributed by atoms with E-state index in [1.807, 2.05) is 24.3 Å². The maximum atomic E-state index is 13.0. The van der Waals surface area contributed by atoms with Gasteiger partial charge in [-0.2, -0.15) is 13.2 Å². The molecule has 3 rings (SSSR count). The molecule has 0 heterocycles. The lowest BCUT2D eigenvalue weighted by Gasteiger charge is -2.15. The van der Waals surface area contributed by atoms with Gasteiger partial charge in [0.2, 0.25) is 0 Å². The van der Waals surface area contributed by atoms with Gasteiger partial charge in [-0.25, -0.2) is 0 Å². The number of aryl methyl sites for hydroxylation is 1. The highest BCUT2D eigenvalue weighted by Crippen LogP contribution is 2.32. The van der Waals surface area contributed by atoms with Crippen molar-refractivity contribution in [3.63, 3.8) is 0 Å². The molecule has 0 aliphatic carbocycles. The first-order valence-corrected chi connectivity index (χ1v) is 8.91. The van der Waals surface area contributed by atoms with Crippen molar-refractivity contribution in [1.29, 1.82) is 0 Å². The average molecular weight is 369 g/mol. The zero-order chi connectivity index (χ0) is 19.4. The Morgan fingerprint density at radius 2 is 1.74 bits per heavy atom. The molecular formula is C23H22F3N. The highest BCUT2D eigenvalue weighted by Gasteiger charge is 2.32. The molecular weight excluding hydrogens is 347 g/mol. The SMILES string of the molecule is Cc1ccc(/C=C/CNC(C)c2cccc3ccccc23)cc1C(F)(F)F. The monoisotopic (exact) mass is 369 g/mol. The Morgan fingerprint density at radius 1 is 1.00 bits per heavy atom. The van der Waals surface area contributed by atoms with E-state index in [4.69, 9.17) is 0 Å². The Bertz CT molecular complexity index is 952. The zero-order valence-electron chi connectivity index (χ0n) is 15.3. The first-order valence-electron chi connectivity index (χ1n) is 8.91. The van der Waals surface area contributed by atoms with E-state index in [2.05, 4.69) is 36.5 Å². The number of benzene rings is 3. The Hall–Kier alpha value is -2.59. The second-order valence-electron chi connectivity index (χ2n) is 6.67. The third kappa shape index (κ3) is 4.58. The van der Waals surface area contributed by atoms with Crippen LogP contribution in [-0.4, -0.2) is 6.54 Å². The molecule has 0 amide bonds. The first kappa shape index (κ1) is 19.2. The third-order valence-corrected chi connectivity index (χ3v) is 4.71. The Kier molecular flexibility index (Phi) is 5.66. The molecule has 0 bridgehead atoms. The van der Waals surface area contributed by atoms with E-state index in [-0.39, 0.29) is 11.6 Å². The molecule has 3 aromatic carbocycles. The summed E-state index contributed by atoms with van der Waals surface area (Å²) in [6.45, 7) is 4.13. The minimum absolute atomic E-state index is 0.129. The van der Waals surface area contributed by atoms with Crippen molar-refractivity contribution in [3.8, 4) is 0 Å². The topological polar surface area (TPSA) is 12.0 Å². The van der Waals surface area contributed by atoms with Crippen LogP contribution >= 0.6 is 0 Å². The second-order valence-corrected chi connectivity index (χ2v) is 6.67. The van der Waals surface area contributed by atoms with Gasteiger partial charge in [0.25, 0.3) is 0 Å². The number of hydrogen-bond donors (Lipinski definition) is 1. The van der Waals surface area contributed by atoms with E-state index in [0.717, 1.165) is 0 Å². The predicted molar refractivity (Wildman–Crippen MR) is 106 cm³/mol. The summed E-state index contributed by atoms with van der Waals surface area (Å²) < 4.78 is 39.0. The molecule has 0 aliphatic heterocycles. The molecule has 1 nitrogen and oxygen atoms in total. The van der Waals surface area contributed by atoms with Gasteiger partial charge in [-0.15, -0.1) is 0 Å². The van der Waals surface area contributed by atoms with Crippen molar-refractivity contribution in [2.45, 2.75) is 26.1 Å². The molecule has 0 fully saturated rings. The van der Waals surface area contributed by atoms with Crippen LogP contribution in [0.25, 0.3) is 16.8 Å². The van der Waals surface area contributed by atoms with E-state index < -0.39 is 11.7 Å². The summed E-state index contributed by atoms with van der Waals surface area (Å²) in [5.74, 6) is 0. The summed E-state index contributed by atoms with van der Waals surface area (Å²) >= 11 is 0. The lowest BCUT2D eigenvalue weighted by atomic mass is 10.00. The lowest BCUT2D eigenvalue weighted by molar-refractivity contribution is -0.138. The number of alkyl halides is 3. The molecule has 0 aliphatic rings. The summed E-state index contributed by atoms with van der Waals surface area (Å²) in [7, 11) is 0. The molecule has 0 aromatic heterocycles. The van der Waals surface area contributed by atoms with E-state index in [9.17, 15) is 13.2 Å². The Balaban J connectivity index is 1.67. The quantitative estimate of drug-likeness (QED) is 0.539. The zero-order valence-corrected chi connectivity index (χ0v) is 15.3. The number of nitrogens with one attached hydrogen (secondary N) is 1. The molecule has 0 saturated heterocycles. The van der Waals surface area contributed by atoms with Gasteiger partial charge in [-0.05, 0) is 47.4 Å². The van der Waals surface area contributed by atoms with E-state index in [0.29, 0.717) is 12.1 Å². The van der Waals surface area contributed by atoms with Gasteiger partial charge in [0, 0.05) is 12.6 Å². The largest absolute Gasteiger partial charge is 0.416 e. The van der Waals surface area contributed by atoms with Crippen LogP contribution in [0.2, 0.25) is 0 Å². The highest BCUT2D eigenvalue weighted by molar-refractivity contribution is 5.86. The third-order valence-electron chi connectivity index (χ3n) is 4.71. The molecule has 4 heteroatoms. The smallest absolute Gasteiger partial charge is 0.307 e. The van der Waals surface area contributed by atoms with Gasteiger partial charge >= 0.3 is 6.18 Å². The number of halogens is 3. The molecule has 0 saturated carbocycles. The van der Waals surface area contributed by atoms with Crippen LogP contribution < -0.4 is 5.32 Å². The minimum atomic E-state index is -4.32. The fraction of sp³-hybridized carbons (Fsp3) is 0.217. The minimum Gasteiger partial charge on any atom is -0.307 e. The summed E-state index contributed by atoms with van der Waals surface area (Å²) in [6.07, 6.45) is -0.751. The van der Waals surface area contributed by atoms with Crippen molar-refractivity contribution < 1.29 is 13.2 Å². The van der Waals surface area contributed by atoms with Gasteiger partial charge in [0.1, 0.15) is 0 Å². The summed E-state index contributed by atoms with van der Waals surface area (Å²) in [5.41, 5.74) is 1.41. The average Bonchev–Trinajstić information content (AvgIpc) is 2.65. The van der Waals surface area contributed by atoms with Crippen LogP contribution in [0.5, 0.6) is 0 Å². The fourth-order valence-corrected chi connectivity index (χ4v) is 3.23. The molecule has 1 N–H and O–H groups in total. The van der Waals surface area contributed by atoms with Crippen LogP contribution in [0.3, 0.4) is 0 Å². The maximum absolute atomic E-state index is 13.0. The van der Waals surface area contributed by atoms with E-state index in [1.165, 1.54) is 35.4 Å². The van der Waals surface area contributed by atoms with Crippen molar-refractivity contribution in [2.75, 3.05) is 6.54 Å². The van der Waals surface area contributed by atoms with Crippen LogP contribution in [0, 0.1) is 6.92 Å². The molecule has 3 aromatic rings. The normalized spacial score (nSPS) is 13.4. The van der Waals surface area contributed by atoms with Gasteiger partial charge in [-0.1, -0.05) is 66.7 Å². The van der Waals surface area contributed by atoms with Gasteiger partial charge in [0.15, 0.2) is 0 Å². The molecule has 1 unspecified atom stereocenters. The van der Waals surface area contributed by atoms with E-state index >= 15 is 0 Å². The molecule has 0 spiro atoms. The van der Waals surface area contributed by atoms with Gasteiger partial charge < -0.3 is 5.32 Å². The first-order chi connectivity index (χ1) is 12.9. The maximum Gasteiger partial charge on any atom is 0.416 e. The van der Waals surface area contributed by atoms with Gasteiger partial charge in [0.05, 0.1) is 5.56 Å². The lowest BCUT2D eigenvalue weighted by Crippen LogP contribution is -2.18. The number of rotatable bonds is 5. The van der Waals surface area contributed by atoms with Crippen molar-refractivity contribution in [2.24, 2.45) is 0 Å². The molecule has 140 valence electrons. The van der Waals surface area contributed by atoms with Gasteiger partial charge in [-0.3, -0.25) is 0 Å². The number of hydrogen-bond acceptors (Lipinski definition) is 1. The van der Waals surface area contributed by atoms with Crippen LogP contribution in [0.15, 0.2) is 66.7 Å². The van der Waals surface area contributed by atoms with Crippen LogP contribution in [0.1, 0.15) is 35.2 Å². The molecule has 1 atom stereocenters. The second kappa shape index (κ2) is 7.97. The van der Waals surface area contributed by atoms with Crippen molar-refractivity contribution in [3.05, 3.63) is 89.0 Å². The highest BCUT2D eigenvalue weighted by atomic mass is 19.4. The summed E-state index contributed by atoms with van der Waals surface area (Å²) in [5, 5.41) is 5.81. The van der Waals surface area contributed by atoms with Crippen LogP contribution in [0.4, 0.5) is 13.2 Å². The van der Waals surface area contributed by atoms with Crippen molar-refractivity contribution >= 4 is 16.8 Å². The summed E-state index contributed by atoms with van der Waals surface area (Å²) in [4.78, 5) is 0.